The third kappa shape index (κ3) is 3.69. The lowest BCUT2D eigenvalue weighted by Crippen LogP contribution is -2.24. The molecule has 0 aliphatic heterocycles. The first-order chi connectivity index (χ1) is 9.70. The van der Waals surface area contributed by atoms with Crippen LogP contribution in [-0.4, -0.2) is 9.97 Å². The molecule has 112 valence electrons. The Morgan fingerprint density at radius 1 is 0.952 bits per heavy atom. The van der Waals surface area contributed by atoms with Crippen LogP contribution in [0.3, 0.4) is 0 Å². The maximum Gasteiger partial charge on any atom is 0.0492 e. The van der Waals surface area contributed by atoms with E-state index in [1.807, 2.05) is 18.5 Å². The minimum absolute atomic E-state index is 0.0157. The Labute approximate surface area is 128 Å². The number of pyridine rings is 2. The van der Waals surface area contributed by atoms with Gasteiger partial charge in [0.15, 0.2) is 0 Å². The molecule has 0 aromatic carbocycles. The molecule has 0 aliphatic carbocycles. The van der Waals surface area contributed by atoms with Crippen LogP contribution in [0, 0.1) is 6.92 Å². The van der Waals surface area contributed by atoms with Gasteiger partial charge in [-0.05, 0) is 42.7 Å². The van der Waals surface area contributed by atoms with Crippen LogP contribution in [0.5, 0.6) is 0 Å². The summed E-state index contributed by atoms with van der Waals surface area (Å²) in [5.41, 5.74) is 5.01. The normalized spacial score (nSPS) is 12.5. The summed E-state index contributed by atoms with van der Waals surface area (Å²) in [5.74, 6) is 0. The lowest BCUT2D eigenvalue weighted by molar-refractivity contribution is 0.499. The van der Waals surface area contributed by atoms with Crippen molar-refractivity contribution < 1.29 is 0 Å². The Balaban J connectivity index is 2.31. The van der Waals surface area contributed by atoms with Crippen LogP contribution in [0.2, 0.25) is 0 Å². The van der Waals surface area contributed by atoms with E-state index in [0.29, 0.717) is 0 Å². The second kappa shape index (κ2) is 5.59. The molecule has 0 amide bonds. The molecule has 2 heteroatoms. The van der Waals surface area contributed by atoms with E-state index in [1.54, 1.807) is 0 Å². The highest BCUT2D eigenvalue weighted by molar-refractivity contribution is 5.30. The predicted octanol–water partition coefficient (Wildman–Crippen LogP) is 4.60. The molecule has 2 aromatic heterocycles. The van der Waals surface area contributed by atoms with E-state index in [1.165, 1.54) is 16.8 Å². The van der Waals surface area contributed by atoms with Crippen molar-refractivity contribution in [3.8, 4) is 0 Å². The van der Waals surface area contributed by atoms with Gasteiger partial charge in [0.2, 0.25) is 0 Å². The van der Waals surface area contributed by atoms with Crippen LogP contribution in [0.15, 0.2) is 36.7 Å². The molecule has 0 N–H and O–H groups in total. The molecule has 0 fully saturated rings. The Morgan fingerprint density at radius 2 is 1.67 bits per heavy atom. The second-order valence-electron chi connectivity index (χ2n) is 7.53. The number of rotatable bonds is 3. The Kier molecular flexibility index (Phi) is 4.18. The molecular formula is C19H26N2. The molecule has 0 radical (unpaired) electrons. The van der Waals surface area contributed by atoms with Gasteiger partial charge in [-0.3, -0.25) is 9.97 Å². The maximum absolute atomic E-state index is 4.60. The summed E-state index contributed by atoms with van der Waals surface area (Å²) in [6.07, 6.45) is 4.78. The van der Waals surface area contributed by atoms with Gasteiger partial charge in [0.25, 0.3) is 0 Å². The van der Waals surface area contributed by atoms with E-state index in [-0.39, 0.29) is 10.8 Å². The van der Waals surface area contributed by atoms with Crippen molar-refractivity contribution in [2.24, 2.45) is 0 Å². The minimum atomic E-state index is 0.0157. The van der Waals surface area contributed by atoms with E-state index in [2.05, 4.69) is 69.7 Å². The fourth-order valence-corrected chi connectivity index (χ4v) is 2.78. The van der Waals surface area contributed by atoms with Crippen molar-refractivity contribution in [1.82, 2.24) is 9.97 Å². The number of nitrogens with zero attached hydrogens (tertiary/aromatic N) is 2. The highest BCUT2D eigenvalue weighted by Crippen LogP contribution is 2.29. The Hall–Kier alpha value is -1.70. The van der Waals surface area contributed by atoms with Gasteiger partial charge in [-0.25, -0.2) is 0 Å². The predicted molar refractivity (Wildman–Crippen MR) is 88.6 cm³/mol. The van der Waals surface area contributed by atoms with Crippen molar-refractivity contribution >= 4 is 0 Å². The first kappa shape index (κ1) is 15.7. The van der Waals surface area contributed by atoms with Gasteiger partial charge in [-0.2, -0.15) is 0 Å². The average molecular weight is 282 g/mol. The van der Waals surface area contributed by atoms with Gasteiger partial charge in [0.1, 0.15) is 0 Å². The zero-order chi connectivity index (χ0) is 15.7. The van der Waals surface area contributed by atoms with Crippen LogP contribution in [0.25, 0.3) is 0 Å². The van der Waals surface area contributed by atoms with Gasteiger partial charge in [0.05, 0.1) is 0 Å². The summed E-state index contributed by atoms with van der Waals surface area (Å²) in [6.45, 7) is 13.3. The topological polar surface area (TPSA) is 25.8 Å². The van der Waals surface area contributed by atoms with Crippen molar-refractivity contribution in [2.75, 3.05) is 0 Å². The van der Waals surface area contributed by atoms with Crippen LogP contribution >= 0.6 is 0 Å². The fraction of sp³-hybridized carbons (Fsp3) is 0.474. The SMILES string of the molecule is Cc1cccnc1C(C)(C)Cc1ccnc(C(C)(C)C)c1. The van der Waals surface area contributed by atoms with Crippen LogP contribution in [0.1, 0.15) is 57.1 Å². The summed E-state index contributed by atoms with van der Waals surface area (Å²) >= 11 is 0. The third-order valence-corrected chi connectivity index (χ3v) is 3.89. The highest BCUT2D eigenvalue weighted by Gasteiger charge is 2.25. The number of hydrogen-bond acceptors (Lipinski definition) is 2. The summed E-state index contributed by atoms with van der Waals surface area (Å²) in [7, 11) is 0. The molecule has 0 saturated heterocycles. The Morgan fingerprint density at radius 3 is 2.29 bits per heavy atom. The van der Waals surface area contributed by atoms with Gasteiger partial charge in [-0.1, -0.05) is 40.7 Å². The van der Waals surface area contributed by atoms with E-state index >= 15 is 0 Å². The summed E-state index contributed by atoms with van der Waals surface area (Å²) in [4.78, 5) is 9.12. The van der Waals surface area contributed by atoms with Gasteiger partial charge in [0, 0.05) is 34.6 Å². The van der Waals surface area contributed by atoms with Gasteiger partial charge in [-0.15, -0.1) is 0 Å². The first-order valence-electron chi connectivity index (χ1n) is 7.58. The molecule has 0 unspecified atom stereocenters. The largest absolute Gasteiger partial charge is 0.261 e. The number of aryl methyl sites for hydroxylation is 1. The highest BCUT2D eigenvalue weighted by atomic mass is 14.7. The molecule has 2 aromatic rings. The monoisotopic (exact) mass is 282 g/mol. The smallest absolute Gasteiger partial charge is 0.0492 e. The van der Waals surface area contributed by atoms with Gasteiger partial charge >= 0.3 is 0 Å². The van der Waals surface area contributed by atoms with Crippen molar-refractivity contribution in [3.05, 3.63) is 59.2 Å². The quantitative estimate of drug-likeness (QED) is 0.822. The standard InChI is InChI=1S/C19H26N2/c1-14-8-7-10-21-17(14)19(5,6)13-15-9-11-20-16(12-15)18(2,3)4/h7-12H,13H2,1-6H3. The second-order valence-corrected chi connectivity index (χ2v) is 7.53. The van der Waals surface area contributed by atoms with Crippen molar-refractivity contribution in [3.63, 3.8) is 0 Å². The van der Waals surface area contributed by atoms with Crippen LogP contribution in [-0.2, 0) is 17.3 Å². The zero-order valence-corrected chi connectivity index (χ0v) is 14.1. The van der Waals surface area contributed by atoms with E-state index in [4.69, 9.17) is 0 Å². The third-order valence-electron chi connectivity index (χ3n) is 3.89. The molecule has 0 saturated carbocycles. The number of hydrogen-bond donors (Lipinski definition) is 0. The van der Waals surface area contributed by atoms with E-state index in [0.717, 1.165) is 12.1 Å². The molecule has 2 rings (SSSR count). The molecule has 0 aliphatic rings. The van der Waals surface area contributed by atoms with E-state index < -0.39 is 0 Å². The molecule has 21 heavy (non-hydrogen) atoms. The summed E-state index contributed by atoms with van der Waals surface area (Å²) < 4.78 is 0. The van der Waals surface area contributed by atoms with Crippen LogP contribution < -0.4 is 0 Å². The Bertz CT molecular complexity index is 621. The number of aromatic nitrogens is 2. The molecule has 0 spiro atoms. The fourth-order valence-electron chi connectivity index (χ4n) is 2.78. The van der Waals surface area contributed by atoms with Gasteiger partial charge < -0.3 is 0 Å². The lowest BCUT2D eigenvalue weighted by Gasteiger charge is -2.27. The molecular weight excluding hydrogens is 256 g/mol. The molecule has 0 atom stereocenters. The molecule has 2 heterocycles. The lowest BCUT2D eigenvalue weighted by atomic mass is 9.80. The first-order valence-corrected chi connectivity index (χ1v) is 7.58. The van der Waals surface area contributed by atoms with Crippen LogP contribution in [0.4, 0.5) is 0 Å². The molecule has 2 nitrogen and oxygen atoms in total. The molecule has 0 bridgehead atoms. The maximum atomic E-state index is 4.60. The zero-order valence-electron chi connectivity index (χ0n) is 14.1. The van der Waals surface area contributed by atoms with Crippen molar-refractivity contribution in [2.45, 2.75) is 58.8 Å². The minimum Gasteiger partial charge on any atom is -0.261 e. The van der Waals surface area contributed by atoms with E-state index in [9.17, 15) is 0 Å². The average Bonchev–Trinajstić information content (AvgIpc) is 2.37. The summed E-state index contributed by atoms with van der Waals surface area (Å²) in [5, 5.41) is 0. The summed E-state index contributed by atoms with van der Waals surface area (Å²) in [6, 6.07) is 8.49. The van der Waals surface area contributed by atoms with Crippen molar-refractivity contribution in [1.29, 1.82) is 0 Å².